The highest BCUT2D eigenvalue weighted by molar-refractivity contribution is 7.85. The Bertz CT molecular complexity index is 508. The number of aliphatic hydroxyl groups excluding tert-OH is 3. The number of allylic oxidation sites excluding steroid dienone is 2. The third kappa shape index (κ3) is 6.15. The number of carbonyl (C=O) groups excluding carboxylic acids is 1. The number of hydrogen-bond acceptors (Lipinski definition) is 6. The number of carbonyl (C=O) groups is 1. The molecule has 0 amide bonds. The molecule has 3 N–H and O–H groups in total. The molecular formula is C19H32O6S. The zero-order valence-electron chi connectivity index (χ0n) is 15.5. The van der Waals surface area contributed by atoms with Gasteiger partial charge in [0.15, 0.2) is 0 Å². The van der Waals surface area contributed by atoms with Gasteiger partial charge in [0.05, 0.1) is 30.0 Å². The fourth-order valence-corrected chi connectivity index (χ4v) is 5.53. The van der Waals surface area contributed by atoms with Crippen molar-refractivity contribution in [2.24, 2.45) is 11.8 Å². The van der Waals surface area contributed by atoms with Gasteiger partial charge in [-0.15, -0.1) is 0 Å². The van der Waals surface area contributed by atoms with Gasteiger partial charge in [0.1, 0.15) is 0 Å². The Morgan fingerprint density at radius 1 is 1.31 bits per heavy atom. The largest absolute Gasteiger partial charge is 0.463 e. The molecule has 0 aromatic carbocycles. The van der Waals surface area contributed by atoms with Gasteiger partial charge < -0.3 is 20.1 Å². The van der Waals surface area contributed by atoms with E-state index < -0.39 is 34.2 Å². The van der Waals surface area contributed by atoms with Gasteiger partial charge in [0.2, 0.25) is 0 Å². The van der Waals surface area contributed by atoms with Gasteiger partial charge in [0.25, 0.3) is 0 Å². The average molecular weight is 389 g/mol. The summed E-state index contributed by atoms with van der Waals surface area (Å²) in [5, 5.41) is 29.3. The average Bonchev–Trinajstić information content (AvgIpc) is 2.96. The summed E-state index contributed by atoms with van der Waals surface area (Å²) in [4.78, 5) is 12.3. The molecule has 1 aliphatic carbocycles. The zero-order valence-corrected chi connectivity index (χ0v) is 16.3. The fraction of sp³-hybridized carbons (Fsp3) is 0.842. The smallest absolute Gasteiger partial charge is 0.307 e. The van der Waals surface area contributed by atoms with E-state index in [0.29, 0.717) is 19.3 Å². The van der Waals surface area contributed by atoms with Crippen LogP contribution in [0.1, 0.15) is 51.9 Å². The van der Waals surface area contributed by atoms with Gasteiger partial charge in [-0.25, -0.2) is 0 Å². The van der Waals surface area contributed by atoms with E-state index in [0.717, 1.165) is 19.3 Å². The minimum absolute atomic E-state index is 0.0199. The van der Waals surface area contributed by atoms with Crippen molar-refractivity contribution in [1.82, 2.24) is 0 Å². The molecule has 0 bridgehead atoms. The summed E-state index contributed by atoms with van der Waals surface area (Å²) in [6.07, 6.45) is 6.28. The summed E-state index contributed by atoms with van der Waals surface area (Å²) in [6, 6.07) is 0. The van der Waals surface area contributed by atoms with Crippen LogP contribution in [0.3, 0.4) is 0 Å². The molecule has 2 rings (SSSR count). The Labute approximate surface area is 158 Å². The molecule has 1 heterocycles. The standard InChI is InChI=1S/C19H32O6S/c1-13-6-3-2-4-7-14-10-15(21)11-16(14)19(23)17(12-18(22)25-13)26(24)9-5-8-20/h4,7,13-17,19-21,23H,2-3,5-6,8-12H2,1H3/b7-4+/t13-,14+,15-,16+,17+,19-,26-/m0/s1. The maximum atomic E-state index is 12.7. The molecule has 0 aromatic rings. The second kappa shape index (κ2) is 10.5. The summed E-state index contributed by atoms with van der Waals surface area (Å²) < 4.78 is 18.1. The first-order valence-corrected chi connectivity index (χ1v) is 11.0. The summed E-state index contributed by atoms with van der Waals surface area (Å²) in [5.41, 5.74) is 0. The van der Waals surface area contributed by atoms with Crippen LogP contribution in [0.15, 0.2) is 12.2 Å². The summed E-state index contributed by atoms with van der Waals surface area (Å²) >= 11 is 0. The van der Waals surface area contributed by atoms with Crippen molar-refractivity contribution in [3.05, 3.63) is 12.2 Å². The Morgan fingerprint density at radius 3 is 2.81 bits per heavy atom. The van der Waals surface area contributed by atoms with Crippen LogP contribution in [0.2, 0.25) is 0 Å². The first kappa shape index (κ1) is 21.5. The zero-order chi connectivity index (χ0) is 19.1. The van der Waals surface area contributed by atoms with Gasteiger partial charge in [0, 0.05) is 23.2 Å². The Balaban J connectivity index is 2.23. The van der Waals surface area contributed by atoms with Gasteiger partial charge in [-0.3, -0.25) is 9.00 Å². The molecule has 0 aromatic heterocycles. The van der Waals surface area contributed by atoms with E-state index in [9.17, 15) is 19.2 Å². The van der Waals surface area contributed by atoms with E-state index in [1.165, 1.54) is 0 Å². The van der Waals surface area contributed by atoms with E-state index in [4.69, 9.17) is 9.84 Å². The Morgan fingerprint density at radius 2 is 2.08 bits per heavy atom. The van der Waals surface area contributed by atoms with Crippen molar-refractivity contribution in [2.45, 2.75) is 75.4 Å². The van der Waals surface area contributed by atoms with Gasteiger partial charge in [-0.2, -0.15) is 0 Å². The van der Waals surface area contributed by atoms with Gasteiger partial charge in [-0.1, -0.05) is 12.2 Å². The maximum Gasteiger partial charge on any atom is 0.307 e. The third-order valence-electron chi connectivity index (χ3n) is 5.36. The normalized spacial score (nSPS) is 39.0. The molecule has 7 heteroatoms. The van der Waals surface area contributed by atoms with Crippen LogP contribution in [-0.2, 0) is 20.3 Å². The lowest BCUT2D eigenvalue weighted by atomic mass is 9.87. The molecular weight excluding hydrogens is 356 g/mol. The fourth-order valence-electron chi connectivity index (χ4n) is 3.98. The molecule has 0 radical (unpaired) electrons. The number of aliphatic hydroxyl groups is 3. The van der Waals surface area contributed by atoms with Crippen LogP contribution in [0.4, 0.5) is 0 Å². The first-order chi connectivity index (χ1) is 12.4. The minimum Gasteiger partial charge on any atom is -0.463 e. The summed E-state index contributed by atoms with van der Waals surface area (Å²) in [5.74, 6) is -0.417. The van der Waals surface area contributed by atoms with Crippen LogP contribution >= 0.6 is 0 Å². The number of rotatable bonds is 4. The number of ether oxygens (including phenoxy) is 1. The first-order valence-electron chi connectivity index (χ1n) is 9.62. The molecule has 6 nitrogen and oxygen atoms in total. The molecule has 150 valence electrons. The molecule has 1 aliphatic heterocycles. The quantitative estimate of drug-likeness (QED) is 0.495. The molecule has 1 fully saturated rings. The van der Waals surface area contributed by atoms with Crippen molar-refractivity contribution >= 4 is 16.8 Å². The molecule has 1 saturated carbocycles. The maximum absolute atomic E-state index is 12.7. The predicted molar refractivity (Wildman–Crippen MR) is 99.9 cm³/mol. The van der Waals surface area contributed by atoms with Gasteiger partial charge in [-0.05, 0) is 57.3 Å². The van der Waals surface area contributed by atoms with E-state index in [1.54, 1.807) is 0 Å². The second-order valence-electron chi connectivity index (χ2n) is 7.51. The molecule has 7 atom stereocenters. The van der Waals surface area contributed by atoms with Crippen LogP contribution in [0.5, 0.6) is 0 Å². The van der Waals surface area contributed by atoms with Crippen molar-refractivity contribution in [3.63, 3.8) is 0 Å². The molecule has 0 saturated heterocycles. The lowest BCUT2D eigenvalue weighted by molar-refractivity contribution is -0.149. The molecule has 0 spiro atoms. The van der Waals surface area contributed by atoms with Crippen molar-refractivity contribution in [2.75, 3.05) is 12.4 Å². The van der Waals surface area contributed by atoms with Gasteiger partial charge >= 0.3 is 5.97 Å². The minimum atomic E-state index is -1.45. The van der Waals surface area contributed by atoms with E-state index in [1.807, 2.05) is 6.92 Å². The molecule has 2 aliphatic rings. The Kier molecular flexibility index (Phi) is 8.73. The monoisotopic (exact) mass is 388 g/mol. The summed E-state index contributed by atoms with van der Waals surface area (Å²) in [7, 11) is -1.45. The third-order valence-corrected chi connectivity index (χ3v) is 7.18. The lowest BCUT2D eigenvalue weighted by Gasteiger charge is -2.29. The van der Waals surface area contributed by atoms with Crippen molar-refractivity contribution < 1.29 is 29.1 Å². The topological polar surface area (TPSA) is 104 Å². The second-order valence-corrected chi connectivity index (χ2v) is 9.28. The highest BCUT2D eigenvalue weighted by Gasteiger charge is 2.42. The number of hydrogen-bond donors (Lipinski definition) is 3. The molecule has 26 heavy (non-hydrogen) atoms. The van der Waals surface area contributed by atoms with Crippen LogP contribution in [0, 0.1) is 11.8 Å². The SMILES string of the molecule is C[C@H]1CCC/C=C/[C@@H]2C[C@H](O)C[C@H]2[C@H](O)[C@H]([S@@](=O)CCCO)CC(=O)O1. The number of esters is 1. The van der Waals surface area contributed by atoms with E-state index in [-0.39, 0.29) is 36.7 Å². The summed E-state index contributed by atoms with van der Waals surface area (Å²) in [6.45, 7) is 1.77. The predicted octanol–water partition coefficient (Wildman–Crippen LogP) is 1.30. The molecule has 0 unspecified atom stereocenters. The van der Waals surface area contributed by atoms with Crippen LogP contribution < -0.4 is 0 Å². The highest BCUT2D eigenvalue weighted by atomic mass is 32.2. The van der Waals surface area contributed by atoms with E-state index in [2.05, 4.69) is 12.2 Å². The Hall–Kier alpha value is -0.760. The van der Waals surface area contributed by atoms with Crippen molar-refractivity contribution in [3.8, 4) is 0 Å². The lowest BCUT2D eigenvalue weighted by Crippen LogP contribution is -2.41. The number of fused-ring (bicyclic) bond motifs is 1. The number of cyclic esters (lactones) is 1. The van der Waals surface area contributed by atoms with Crippen LogP contribution in [0.25, 0.3) is 0 Å². The van der Waals surface area contributed by atoms with Crippen LogP contribution in [-0.4, -0.2) is 61.4 Å². The highest BCUT2D eigenvalue weighted by Crippen LogP contribution is 2.38. The van der Waals surface area contributed by atoms with Crippen molar-refractivity contribution in [1.29, 1.82) is 0 Å². The van der Waals surface area contributed by atoms with E-state index >= 15 is 0 Å².